The van der Waals surface area contributed by atoms with Crippen LogP contribution in [0, 0.1) is 6.92 Å². The third-order valence-electron chi connectivity index (χ3n) is 1.59. The summed E-state index contributed by atoms with van der Waals surface area (Å²) in [5.74, 6) is 0. The fourth-order valence-electron chi connectivity index (χ4n) is 1.06. The molecule has 0 radical (unpaired) electrons. The van der Waals surface area contributed by atoms with Crippen LogP contribution in [-0.2, 0) is 29.0 Å². The molecule has 11 heavy (non-hydrogen) atoms. The van der Waals surface area contributed by atoms with Gasteiger partial charge in [-0.3, -0.25) is 0 Å². The maximum Gasteiger partial charge on any atom is 0.157 e. The van der Waals surface area contributed by atoms with Crippen LogP contribution >= 0.6 is 0 Å². The fraction of sp³-hybridized carbons (Fsp3) is 0.875. The van der Waals surface area contributed by atoms with Crippen LogP contribution in [0.3, 0.4) is 0 Å². The van der Waals surface area contributed by atoms with Crippen molar-refractivity contribution in [2.75, 3.05) is 13.2 Å². The van der Waals surface area contributed by atoms with Crippen LogP contribution in [0.25, 0.3) is 0 Å². The predicted octanol–water partition coefficient (Wildman–Crippen LogP) is 1.75. The molecule has 0 spiro atoms. The third kappa shape index (κ3) is 4.89. The van der Waals surface area contributed by atoms with Crippen LogP contribution < -0.4 is 0 Å². The molecule has 0 aliphatic carbocycles. The van der Waals surface area contributed by atoms with Gasteiger partial charge in [0.05, 0.1) is 0 Å². The molecule has 0 bridgehead atoms. The number of hydrogen-bond acceptors (Lipinski definition) is 2. The summed E-state index contributed by atoms with van der Waals surface area (Å²) in [6.07, 6.45) is 4.38. The Kier molecular flexibility index (Phi) is 7.56. The molecule has 1 fully saturated rings. The van der Waals surface area contributed by atoms with Crippen LogP contribution in [0.15, 0.2) is 0 Å². The maximum absolute atomic E-state index is 5.35. The molecule has 0 aromatic heterocycles. The molecule has 1 atom stereocenters. The van der Waals surface area contributed by atoms with Gasteiger partial charge in [-0.25, -0.2) is 0 Å². The second-order valence-corrected chi connectivity index (χ2v) is 2.52. The summed E-state index contributed by atoms with van der Waals surface area (Å²) < 4.78 is 10.7. The van der Waals surface area contributed by atoms with Gasteiger partial charge in [-0.1, -0.05) is 0 Å². The smallest absolute Gasteiger partial charge is 0.157 e. The van der Waals surface area contributed by atoms with Gasteiger partial charge in [-0.05, 0) is 19.3 Å². The molecule has 1 aliphatic heterocycles. The zero-order valence-corrected chi connectivity index (χ0v) is 10.0. The van der Waals surface area contributed by atoms with E-state index < -0.39 is 0 Å². The van der Waals surface area contributed by atoms with Gasteiger partial charge in [0, 0.05) is 32.7 Å². The fourth-order valence-corrected chi connectivity index (χ4v) is 1.06. The second-order valence-electron chi connectivity index (χ2n) is 2.52. The molecule has 62 valence electrons. The Labute approximate surface area is 81.4 Å². The van der Waals surface area contributed by atoms with E-state index in [4.69, 9.17) is 9.47 Å². The van der Waals surface area contributed by atoms with E-state index in [0.29, 0.717) is 0 Å². The Balaban J connectivity index is 0.000001000. The first-order chi connectivity index (χ1) is 4.93. The van der Waals surface area contributed by atoms with Crippen LogP contribution in [0.1, 0.15) is 25.7 Å². The van der Waals surface area contributed by atoms with E-state index >= 15 is 0 Å². The number of ether oxygens (including phenoxy) is 2. The van der Waals surface area contributed by atoms with Gasteiger partial charge in [0.2, 0.25) is 0 Å². The van der Waals surface area contributed by atoms with Crippen molar-refractivity contribution in [2.24, 2.45) is 0 Å². The van der Waals surface area contributed by atoms with Gasteiger partial charge in [-0.2, -0.15) is 6.42 Å². The Morgan fingerprint density at radius 2 is 2.27 bits per heavy atom. The molecule has 1 aliphatic rings. The van der Waals surface area contributed by atoms with E-state index in [2.05, 4.69) is 6.92 Å². The van der Waals surface area contributed by atoms with E-state index in [0.717, 1.165) is 26.1 Å². The molecule has 1 saturated heterocycles. The van der Waals surface area contributed by atoms with Crippen molar-refractivity contribution >= 4 is 0 Å². The van der Waals surface area contributed by atoms with Gasteiger partial charge >= 0.3 is 0 Å². The van der Waals surface area contributed by atoms with Crippen LogP contribution in [0.5, 0.6) is 0 Å². The molecule has 0 amide bonds. The van der Waals surface area contributed by atoms with Gasteiger partial charge in [-0.15, -0.1) is 0 Å². The van der Waals surface area contributed by atoms with Gasteiger partial charge in [0.15, 0.2) is 6.29 Å². The number of hydrogen-bond donors (Lipinski definition) is 0. The predicted molar refractivity (Wildman–Crippen MR) is 39.5 cm³/mol. The standard InChI is InChI=1S/C8H15O2.Zn/c1-2-6-9-8-5-3-4-7-10-8;/h8H,1-7H2;/q-1;. The minimum Gasteiger partial charge on any atom is -0.355 e. The maximum atomic E-state index is 5.35. The average molecular weight is 209 g/mol. The Hall–Kier alpha value is 0.543. The largest absolute Gasteiger partial charge is 0.355 e. The van der Waals surface area contributed by atoms with Crippen molar-refractivity contribution < 1.29 is 29.0 Å². The second kappa shape index (κ2) is 7.21. The molecule has 0 saturated carbocycles. The zero-order valence-electron chi connectivity index (χ0n) is 7.05. The minimum absolute atomic E-state index is 0. The van der Waals surface area contributed by atoms with E-state index in [1.54, 1.807) is 0 Å². The Bertz CT molecular complexity index is 82.2. The normalized spacial score (nSPS) is 24.3. The van der Waals surface area contributed by atoms with Crippen molar-refractivity contribution in [1.29, 1.82) is 0 Å². The van der Waals surface area contributed by atoms with Crippen molar-refractivity contribution in [2.45, 2.75) is 32.0 Å². The summed E-state index contributed by atoms with van der Waals surface area (Å²) in [5, 5.41) is 0. The zero-order chi connectivity index (χ0) is 7.23. The molecule has 0 aromatic rings. The summed E-state index contributed by atoms with van der Waals surface area (Å²) in [5.41, 5.74) is 0. The first kappa shape index (κ1) is 11.5. The van der Waals surface area contributed by atoms with Crippen LogP contribution in [0.2, 0.25) is 0 Å². The van der Waals surface area contributed by atoms with Gasteiger partial charge in [0.25, 0.3) is 0 Å². The van der Waals surface area contributed by atoms with Crippen molar-refractivity contribution in [3.8, 4) is 0 Å². The summed E-state index contributed by atoms with van der Waals surface area (Å²) in [6.45, 7) is 5.28. The first-order valence-corrected chi connectivity index (χ1v) is 3.96. The third-order valence-corrected chi connectivity index (χ3v) is 1.59. The summed E-state index contributed by atoms with van der Waals surface area (Å²) in [7, 11) is 0. The molecule has 1 heterocycles. The molecule has 2 nitrogen and oxygen atoms in total. The molecular weight excluding hydrogens is 193 g/mol. The molecule has 1 unspecified atom stereocenters. The monoisotopic (exact) mass is 207 g/mol. The van der Waals surface area contributed by atoms with E-state index in [9.17, 15) is 0 Å². The summed E-state index contributed by atoms with van der Waals surface area (Å²) in [4.78, 5) is 0. The quantitative estimate of drug-likeness (QED) is 0.520. The van der Waals surface area contributed by atoms with Gasteiger partial charge < -0.3 is 16.4 Å². The van der Waals surface area contributed by atoms with Crippen LogP contribution in [0.4, 0.5) is 0 Å². The molecular formula is C8H15O2Zn-. The molecule has 3 heteroatoms. The average Bonchev–Trinajstić information content (AvgIpc) is 2.03. The van der Waals surface area contributed by atoms with Crippen LogP contribution in [-0.4, -0.2) is 19.5 Å². The van der Waals surface area contributed by atoms with E-state index in [1.165, 1.54) is 12.8 Å². The van der Waals surface area contributed by atoms with Crippen molar-refractivity contribution in [3.63, 3.8) is 0 Å². The number of rotatable bonds is 3. The molecule has 0 aromatic carbocycles. The SMILES string of the molecule is [CH2-]CCOC1CCCCO1.[Zn]. The summed E-state index contributed by atoms with van der Waals surface area (Å²) in [6, 6.07) is 0. The summed E-state index contributed by atoms with van der Waals surface area (Å²) >= 11 is 0. The minimum atomic E-state index is 0. The molecule has 1 rings (SSSR count). The first-order valence-electron chi connectivity index (χ1n) is 3.96. The van der Waals surface area contributed by atoms with E-state index in [1.807, 2.05) is 0 Å². The van der Waals surface area contributed by atoms with Crippen molar-refractivity contribution in [1.82, 2.24) is 0 Å². The van der Waals surface area contributed by atoms with Gasteiger partial charge in [0.1, 0.15) is 0 Å². The van der Waals surface area contributed by atoms with E-state index in [-0.39, 0.29) is 25.8 Å². The topological polar surface area (TPSA) is 18.5 Å². The molecule has 0 N–H and O–H groups in total. The Morgan fingerprint density at radius 3 is 2.82 bits per heavy atom. The Morgan fingerprint density at radius 1 is 1.45 bits per heavy atom. The van der Waals surface area contributed by atoms with Crippen molar-refractivity contribution in [3.05, 3.63) is 6.92 Å².